The van der Waals surface area contributed by atoms with Crippen LogP contribution in [-0.2, 0) is 16.1 Å². The van der Waals surface area contributed by atoms with E-state index in [2.05, 4.69) is 5.10 Å². The lowest BCUT2D eigenvalue weighted by Crippen LogP contribution is -2.45. The van der Waals surface area contributed by atoms with E-state index in [0.717, 1.165) is 5.56 Å². The molecule has 1 aromatic heterocycles. The molecule has 2 aromatic carbocycles. The summed E-state index contributed by atoms with van der Waals surface area (Å²) in [7, 11) is 2.98. The monoisotopic (exact) mass is 409 g/mol. The Morgan fingerprint density at radius 3 is 2.70 bits per heavy atom. The van der Waals surface area contributed by atoms with E-state index in [1.807, 2.05) is 30.3 Å². The summed E-state index contributed by atoms with van der Waals surface area (Å²) < 4.78 is 17.7. The molecule has 0 aliphatic carbocycles. The van der Waals surface area contributed by atoms with Gasteiger partial charge in [-0.15, -0.1) is 0 Å². The van der Waals surface area contributed by atoms with Crippen LogP contribution < -0.4 is 15.0 Å². The highest BCUT2D eigenvalue weighted by Gasteiger charge is 2.26. The van der Waals surface area contributed by atoms with Crippen LogP contribution in [0.2, 0.25) is 0 Å². The minimum atomic E-state index is -0.399. The van der Waals surface area contributed by atoms with Crippen LogP contribution in [-0.4, -0.2) is 54.5 Å². The van der Waals surface area contributed by atoms with Gasteiger partial charge in [0.1, 0.15) is 12.6 Å². The van der Waals surface area contributed by atoms with E-state index in [1.165, 1.54) is 18.9 Å². The highest BCUT2D eigenvalue weighted by molar-refractivity contribution is 5.89. The highest BCUT2D eigenvalue weighted by Crippen LogP contribution is 2.32. The van der Waals surface area contributed by atoms with Crippen molar-refractivity contribution in [2.45, 2.75) is 12.6 Å². The molecule has 0 radical (unpaired) electrons. The lowest BCUT2D eigenvalue weighted by molar-refractivity contribution is -0.139. The van der Waals surface area contributed by atoms with E-state index < -0.39 is 5.56 Å². The zero-order chi connectivity index (χ0) is 21.1. The van der Waals surface area contributed by atoms with Gasteiger partial charge in [-0.25, -0.2) is 4.68 Å². The Morgan fingerprint density at radius 2 is 1.97 bits per heavy atom. The number of morpholine rings is 1. The predicted molar refractivity (Wildman–Crippen MR) is 111 cm³/mol. The molecule has 1 saturated heterocycles. The molecule has 1 atom stereocenters. The van der Waals surface area contributed by atoms with E-state index in [4.69, 9.17) is 14.2 Å². The van der Waals surface area contributed by atoms with E-state index in [1.54, 1.807) is 23.2 Å². The molecule has 8 heteroatoms. The van der Waals surface area contributed by atoms with E-state index >= 15 is 0 Å². The lowest BCUT2D eigenvalue weighted by Gasteiger charge is -2.33. The molecule has 1 aliphatic rings. The van der Waals surface area contributed by atoms with E-state index in [-0.39, 0.29) is 18.6 Å². The molecule has 0 spiro atoms. The van der Waals surface area contributed by atoms with Crippen molar-refractivity contribution in [3.8, 4) is 11.5 Å². The molecule has 1 fully saturated rings. The molecule has 2 heterocycles. The number of hydrogen-bond acceptors (Lipinski definition) is 6. The number of rotatable bonds is 5. The minimum Gasteiger partial charge on any atom is -0.493 e. The fourth-order valence-electron chi connectivity index (χ4n) is 3.67. The number of aromatic nitrogens is 2. The Bertz CT molecular complexity index is 1110. The second-order valence-electron chi connectivity index (χ2n) is 6.98. The number of ether oxygens (including phenoxy) is 3. The summed E-state index contributed by atoms with van der Waals surface area (Å²) in [5.41, 5.74) is 0.622. The molecule has 1 amide bonds. The van der Waals surface area contributed by atoms with Gasteiger partial charge in [-0.2, -0.15) is 5.10 Å². The van der Waals surface area contributed by atoms with Crippen molar-refractivity contribution in [3.05, 3.63) is 64.6 Å². The summed E-state index contributed by atoms with van der Waals surface area (Å²) >= 11 is 0. The predicted octanol–water partition coefficient (Wildman–Crippen LogP) is 2.01. The number of nitrogens with zero attached hydrogens (tertiary/aromatic N) is 3. The molecule has 156 valence electrons. The van der Waals surface area contributed by atoms with Crippen molar-refractivity contribution < 1.29 is 19.0 Å². The van der Waals surface area contributed by atoms with Crippen LogP contribution in [0.4, 0.5) is 0 Å². The van der Waals surface area contributed by atoms with E-state index in [0.29, 0.717) is 42.0 Å². The number of carbonyl (C=O) groups excluding carboxylic acids is 1. The quantitative estimate of drug-likeness (QED) is 0.641. The number of amides is 1. The third-order valence-electron chi connectivity index (χ3n) is 5.24. The Balaban J connectivity index is 1.58. The van der Waals surface area contributed by atoms with Crippen LogP contribution in [0.5, 0.6) is 11.5 Å². The number of fused-ring (bicyclic) bond motifs is 1. The van der Waals surface area contributed by atoms with Crippen LogP contribution in [0.3, 0.4) is 0 Å². The molecule has 30 heavy (non-hydrogen) atoms. The first-order chi connectivity index (χ1) is 14.6. The van der Waals surface area contributed by atoms with Crippen LogP contribution in [0.1, 0.15) is 11.7 Å². The van der Waals surface area contributed by atoms with Crippen molar-refractivity contribution in [2.75, 3.05) is 33.9 Å². The molecule has 0 bridgehead atoms. The standard InChI is InChI=1S/C22H23N3O5/c1-28-17-9-8-16-12-23-25(22(27)20(16)21(17)29-2)14-19(26)24-10-11-30-18(13-24)15-6-4-3-5-7-15/h3-9,12,18H,10-11,13-14H2,1-2H3. The number of benzene rings is 2. The zero-order valence-electron chi connectivity index (χ0n) is 16.9. The second kappa shape index (κ2) is 8.54. The topological polar surface area (TPSA) is 82.9 Å². The molecular weight excluding hydrogens is 386 g/mol. The van der Waals surface area contributed by atoms with Gasteiger partial charge in [-0.05, 0) is 17.7 Å². The second-order valence-corrected chi connectivity index (χ2v) is 6.98. The van der Waals surface area contributed by atoms with Gasteiger partial charge in [0.2, 0.25) is 5.91 Å². The molecule has 1 unspecified atom stereocenters. The van der Waals surface area contributed by atoms with Crippen LogP contribution >= 0.6 is 0 Å². The van der Waals surface area contributed by atoms with Crippen molar-refractivity contribution in [3.63, 3.8) is 0 Å². The maximum atomic E-state index is 13.0. The third kappa shape index (κ3) is 3.73. The Hall–Kier alpha value is -3.39. The first-order valence-corrected chi connectivity index (χ1v) is 9.67. The smallest absolute Gasteiger partial charge is 0.279 e. The number of hydrogen-bond donors (Lipinski definition) is 0. The van der Waals surface area contributed by atoms with Gasteiger partial charge in [0.05, 0.1) is 39.0 Å². The highest BCUT2D eigenvalue weighted by atomic mass is 16.5. The summed E-state index contributed by atoms with van der Waals surface area (Å²) in [5.74, 6) is 0.596. The summed E-state index contributed by atoms with van der Waals surface area (Å²) in [6.45, 7) is 1.19. The third-order valence-corrected chi connectivity index (χ3v) is 5.24. The van der Waals surface area contributed by atoms with Gasteiger partial charge in [0.15, 0.2) is 11.5 Å². The van der Waals surface area contributed by atoms with Gasteiger partial charge < -0.3 is 19.1 Å². The Morgan fingerprint density at radius 1 is 1.17 bits per heavy atom. The summed E-state index contributed by atoms with van der Waals surface area (Å²) in [5, 5.41) is 5.14. The van der Waals surface area contributed by atoms with Crippen molar-refractivity contribution in [2.24, 2.45) is 0 Å². The maximum absolute atomic E-state index is 13.0. The molecule has 1 aliphatic heterocycles. The van der Waals surface area contributed by atoms with Crippen LogP contribution in [0.25, 0.3) is 10.8 Å². The SMILES string of the molecule is COc1ccc2cnn(CC(=O)N3CCOC(c4ccccc4)C3)c(=O)c2c1OC. The average Bonchev–Trinajstić information content (AvgIpc) is 2.80. The molecule has 8 nitrogen and oxygen atoms in total. The number of methoxy groups -OCH3 is 2. The molecule has 0 N–H and O–H groups in total. The van der Waals surface area contributed by atoms with E-state index in [9.17, 15) is 9.59 Å². The molecule has 3 aromatic rings. The minimum absolute atomic E-state index is 0.156. The fraction of sp³-hybridized carbons (Fsp3) is 0.318. The number of carbonyl (C=O) groups is 1. The van der Waals surface area contributed by atoms with Gasteiger partial charge in [0, 0.05) is 11.9 Å². The molecule has 0 saturated carbocycles. The van der Waals surface area contributed by atoms with Crippen LogP contribution in [0.15, 0.2) is 53.5 Å². The molecular formula is C22H23N3O5. The van der Waals surface area contributed by atoms with Gasteiger partial charge >= 0.3 is 0 Å². The van der Waals surface area contributed by atoms with Gasteiger partial charge in [-0.1, -0.05) is 30.3 Å². The zero-order valence-corrected chi connectivity index (χ0v) is 16.9. The first kappa shape index (κ1) is 19.9. The average molecular weight is 409 g/mol. The maximum Gasteiger partial charge on any atom is 0.279 e. The van der Waals surface area contributed by atoms with Crippen molar-refractivity contribution in [1.29, 1.82) is 0 Å². The van der Waals surface area contributed by atoms with Crippen LogP contribution in [0, 0.1) is 0 Å². The Kier molecular flexibility index (Phi) is 5.67. The largest absolute Gasteiger partial charge is 0.493 e. The van der Waals surface area contributed by atoms with Crippen molar-refractivity contribution in [1.82, 2.24) is 14.7 Å². The van der Waals surface area contributed by atoms with Gasteiger partial charge in [0.25, 0.3) is 5.56 Å². The Labute approximate surface area is 173 Å². The first-order valence-electron chi connectivity index (χ1n) is 9.67. The van der Waals surface area contributed by atoms with Crippen molar-refractivity contribution >= 4 is 16.7 Å². The normalized spacial score (nSPS) is 16.5. The molecule has 4 rings (SSSR count). The summed E-state index contributed by atoms with van der Waals surface area (Å²) in [6, 6.07) is 13.2. The summed E-state index contributed by atoms with van der Waals surface area (Å²) in [4.78, 5) is 27.7. The summed E-state index contributed by atoms with van der Waals surface area (Å²) in [6.07, 6.45) is 1.37. The lowest BCUT2D eigenvalue weighted by atomic mass is 10.1. The van der Waals surface area contributed by atoms with Gasteiger partial charge in [-0.3, -0.25) is 9.59 Å². The fourth-order valence-corrected chi connectivity index (χ4v) is 3.67.